The van der Waals surface area contributed by atoms with Gasteiger partial charge in [-0.15, -0.1) is 0 Å². The molecule has 0 bridgehead atoms. The first-order valence-corrected chi connectivity index (χ1v) is 8.51. The van der Waals surface area contributed by atoms with E-state index in [9.17, 15) is 8.42 Å². The number of halogens is 1. The normalized spacial score (nSPS) is 13.8. The summed E-state index contributed by atoms with van der Waals surface area (Å²) in [6.45, 7) is 5.73. The lowest BCUT2D eigenvalue weighted by molar-refractivity contribution is 0.281. The molecule has 6 heteroatoms. The maximum Gasteiger partial charge on any atom is 0.241 e. The van der Waals surface area contributed by atoms with Crippen LogP contribution in [-0.2, 0) is 16.6 Å². The van der Waals surface area contributed by atoms with Crippen molar-refractivity contribution in [2.45, 2.75) is 44.7 Å². The molecule has 108 valence electrons. The van der Waals surface area contributed by atoms with E-state index < -0.39 is 10.0 Å². The fraction of sp³-hybridized carbons (Fsp3) is 0.538. The van der Waals surface area contributed by atoms with Crippen LogP contribution in [-0.4, -0.2) is 19.6 Å². The lowest BCUT2D eigenvalue weighted by Crippen LogP contribution is -2.38. The Bertz CT molecular complexity index is 529. The van der Waals surface area contributed by atoms with Crippen molar-refractivity contribution in [1.82, 2.24) is 4.72 Å². The predicted molar refractivity (Wildman–Crippen MR) is 79.3 cm³/mol. The summed E-state index contributed by atoms with van der Waals surface area (Å²) in [5.41, 5.74) is 0.571. The zero-order valence-electron chi connectivity index (χ0n) is 11.4. The average molecular weight is 350 g/mol. The molecule has 0 saturated carbocycles. The van der Waals surface area contributed by atoms with E-state index in [-0.39, 0.29) is 23.5 Å². The number of nitrogens with one attached hydrogen (secondary N) is 1. The van der Waals surface area contributed by atoms with E-state index in [1.54, 1.807) is 12.1 Å². The molecule has 0 fully saturated rings. The Morgan fingerprint density at radius 3 is 2.47 bits per heavy atom. The molecule has 1 unspecified atom stereocenters. The molecule has 2 N–H and O–H groups in total. The maximum atomic E-state index is 12.4. The molecule has 0 heterocycles. The molecule has 1 aromatic rings. The number of rotatable bonds is 6. The summed E-state index contributed by atoms with van der Waals surface area (Å²) in [7, 11) is -3.59. The molecule has 0 amide bonds. The fourth-order valence-corrected chi connectivity index (χ4v) is 4.29. The van der Waals surface area contributed by atoms with Gasteiger partial charge in [0, 0.05) is 10.5 Å². The van der Waals surface area contributed by atoms with Crippen LogP contribution >= 0.6 is 15.9 Å². The van der Waals surface area contributed by atoms with Gasteiger partial charge < -0.3 is 5.11 Å². The van der Waals surface area contributed by atoms with Crippen LogP contribution < -0.4 is 4.72 Å². The van der Waals surface area contributed by atoms with Crippen LogP contribution in [0.1, 0.15) is 32.8 Å². The van der Waals surface area contributed by atoms with Crippen LogP contribution in [0.2, 0.25) is 0 Å². The second kappa shape index (κ2) is 6.83. The average Bonchev–Trinajstić information content (AvgIpc) is 2.36. The van der Waals surface area contributed by atoms with Crippen molar-refractivity contribution in [1.29, 1.82) is 0 Å². The van der Waals surface area contributed by atoms with Crippen molar-refractivity contribution in [2.75, 3.05) is 0 Å². The Morgan fingerprint density at radius 1 is 1.37 bits per heavy atom. The van der Waals surface area contributed by atoms with E-state index in [1.807, 2.05) is 20.8 Å². The molecule has 0 aromatic heterocycles. The second-order valence-corrected chi connectivity index (χ2v) is 7.34. The molecule has 4 nitrogen and oxygen atoms in total. The smallest absolute Gasteiger partial charge is 0.241 e. The van der Waals surface area contributed by atoms with E-state index in [0.29, 0.717) is 10.0 Å². The van der Waals surface area contributed by atoms with E-state index in [4.69, 9.17) is 5.11 Å². The molecule has 0 aliphatic rings. The molecule has 1 atom stereocenters. The first-order chi connectivity index (χ1) is 8.81. The van der Waals surface area contributed by atoms with Gasteiger partial charge >= 0.3 is 0 Å². The van der Waals surface area contributed by atoms with E-state index in [2.05, 4.69) is 20.7 Å². The standard InChI is InChI=1S/C13H20BrNO3S/c1-4-12(9(2)3)15-19(17,18)13-7-10(8-16)5-6-11(13)14/h5-7,9,12,15-16H,4,8H2,1-3H3. The molecule has 0 spiro atoms. The van der Waals surface area contributed by atoms with E-state index in [1.165, 1.54) is 6.07 Å². The summed E-state index contributed by atoms with van der Waals surface area (Å²) in [4.78, 5) is 0.165. The molecule has 0 aliphatic heterocycles. The Kier molecular flexibility index (Phi) is 5.98. The zero-order valence-corrected chi connectivity index (χ0v) is 13.8. The van der Waals surface area contributed by atoms with Gasteiger partial charge in [-0.3, -0.25) is 0 Å². The van der Waals surface area contributed by atoms with Gasteiger partial charge in [0.05, 0.1) is 11.5 Å². The van der Waals surface area contributed by atoms with Crippen molar-refractivity contribution < 1.29 is 13.5 Å². The van der Waals surface area contributed by atoms with Crippen molar-refractivity contribution in [3.05, 3.63) is 28.2 Å². The SMILES string of the molecule is CCC(NS(=O)(=O)c1cc(CO)ccc1Br)C(C)C. The molecule has 1 aromatic carbocycles. The van der Waals surface area contributed by atoms with Crippen molar-refractivity contribution >= 4 is 26.0 Å². The van der Waals surface area contributed by atoms with Gasteiger partial charge in [0.25, 0.3) is 0 Å². The third-order valence-electron chi connectivity index (χ3n) is 3.02. The Balaban J connectivity index is 3.13. The van der Waals surface area contributed by atoms with Gasteiger partial charge in [-0.25, -0.2) is 13.1 Å². The lowest BCUT2D eigenvalue weighted by Gasteiger charge is -2.21. The number of benzene rings is 1. The number of sulfonamides is 1. The van der Waals surface area contributed by atoms with E-state index in [0.717, 1.165) is 6.42 Å². The highest BCUT2D eigenvalue weighted by molar-refractivity contribution is 9.10. The van der Waals surface area contributed by atoms with Gasteiger partial charge in [-0.1, -0.05) is 26.8 Å². The summed E-state index contributed by atoms with van der Waals surface area (Å²) in [5.74, 6) is 0.222. The predicted octanol–water partition coefficient (Wildman–Crippen LogP) is 2.65. The van der Waals surface area contributed by atoms with Gasteiger partial charge in [0.15, 0.2) is 0 Å². The largest absolute Gasteiger partial charge is 0.392 e. The maximum absolute atomic E-state index is 12.4. The highest BCUT2D eigenvalue weighted by Gasteiger charge is 2.23. The number of aliphatic hydroxyl groups excluding tert-OH is 1. The van der Waals surface area contributed by atoms with Crippen molar-refractivity contribution in [3.63, 3.8) is 0 Å². The molecular formula is C13H20BrNO3S. The minimum atomic E-state index is -3.59. The minimum Gasteiger partial charge on any atom is -0.392 e. The van der Waals surface area contributed by atoms with Crippen LogP contribution in [0.4, 0.5) is 0 Å². The van der Waals surface area contributed by atoms with Gasteiger partial charge in [0.1, 0.15) is 0 Å². The summed E-state index contributed by atoms with van der Waals surface area (Å²) in [6, 6.07) is 4.70. The van der Waals surface area contributed by atoms with E-state index >= 15 is 0 Å². The monoisotopic (exact) mass is 349 g/mol. The molecule has 1 rings (SSSR count). The van der Waals surface area contributed by atoms with Crippen LogP contribution in [0.5, 0.6) is 0 Å². The lowest BCUT2D eigenvalue weighted by atomic mass is 10.0. The Morgan fingerprint density at radius 2 is 2.00 bits per heavy atom. The Labute approximate surface area is 123 Å². The highest BCUT2D eigenvalue weighted by atomic mass is 79.9. The molecule has 0 saturated heterocycles. The van der Waals surface area contributed by atoms with Gasteiger partial charge in [-0.05, 0) is 46.0 Å². The highest BCUT2D eigenvalue weighted by Crippen LogP contribution is 2.24. The first-order valence-electron chi connectivity index (χ1n) is 6.23. The van der Waals surface area contributed by atoms with Crippen molar-refractivity contribution in [2.24, 2.45) is 5.92 Å². The first kappa shape index (κ1) is 16.6. The van der Waals surface area contributed by atoms with Crippen LogP contribution in [0.25, 0.3) is 0 Å². The van der Waals surface area contributed by atoms with Crippen LogP contribution in [0, 0.1) is 5.92 Å². The molecular weight excluding hydrogens is 330 g/mol. The quantitative estimate of drug-likeness (QED) is 0.829. The third kappa shape index (κ3) is 4.27. The summed E-state index contributed by atoms with van der Waals surface area (Å²) in [5, 5.41) is 9.10. The summed E-state index contributed by atoms with van der Waals surface area (Å²) >= 11 is 3.24. The minimum absolute atomic E-state index is 0.102. The van der Waals surface area contributed by atoms with Crippen LogP contribution in [0.15, 0.2) is 27.6 Å². The number of hydrogen-bond acceptors (Lipinski definition) is 3. The topological polar surface area (TPSA) is 66.4 Å². The summed E-state index contributed by atoms with van der Waals surface area (Å²) < 4.78 is 28.0. The number of hydrogen-bond donors (Lipinski definition) is 2. The summed E-state index contributed by atoms with van der Waals surface area (Å²) in [6.07, 6.45) is 0.730. The second-order valence-electron chi connectivity index (χ2n) is 4.80. The van der Waals surface area contributed by atoms with Crippen LogP contribution in [0.3, 0.4) is 0 Å². The number of aliphatic hydroxyl groups is 1. The Hall–Kier alpha value is -0.430. The van der Waals surface area contributed by atoms with Gasteiger partial charge in [-0.2, -0.15) is 0 Å². The fourth-order valence-electron chi connectivity index (χ4n) is 1.81. The molecule has 0 aliphatic carbocycles. The molecule has 0 radical (unpaired) electrons. The van der Waals surface area contributed by atoms with Crippen molar-refractivity contribution in [3.8, 4) is 0 Å². The third-order valence-corrected chi connectivity index (χ3v) is 5.50. The molecule has 19 heavy (non-hydrogen) atoms. The zero-order chi connectivity index (χ0) is 14.6. The van der Waals surface area contributed by atoms with Gasteiger partial charge in [0.2, 0.25) is 10.0 Å².